The van der Waals surface area contributed by atoms with Crippen LogP contribution >= 0.6 is 0 Å². The monoisotopic (exact) mass is 448 g/mol. The molecule has 31 heavy (non-hydrogen) atoms. The third-order valence-electron chi connectivity index (χ3n) is 5.08. The molecule has 0 unspecified atom stereocenters. The number of nitro groups is 2. The largest absolute Gasteiger partial charge is 0.322 e. The molecule has 12 heteroatoms. The van der Waals surface area contributed by atoms with Crippen LogP contribution in [0.1, 0.15) is 30.1 Å². The van der Waals surface area contributed by atoms with Crippen LogP contribution in [-0.4, -0.2) is 41.6 Å². The van der Waals surface area contributed by atoms with Crippen molar-refractivity contribution in [3.05, 3.63) is 68.3 Å². The number of nitrogens with one attached hydrogen (secondary N) is 1. The van der Waals surface area contributed by atoms with Crippen molar-refractivity contribution < 1.29 is 23.1 Å². The minimum absolute atomic E-state index is 0.0889. The first kappa shape index (κ1) is 22.3. The zero-order chi connectivity index (χ0) is 22.8. The van der Waals surface area contributed by atoms with E-state index in [1.807, 2.05) is 0 Å². The summed E-state index contributed by atoms with van der Waals surface area (Å²) >= 11 is 0. The van der Waals surface area contributed by atoms with Gasteiger partial charge in [-0.25, -0.2) is 8.42 Å². The molecule has 1 aliphatic rings. The first-order valence-corrected chi connectivity index (χ1v) is 10.9. The molecule has 1 amide bonds. The van der Waals surface area contributed by atoms with Crippen molar-refractivity contribution in [1.82, 2.24) is 4.31 Å². The van der Waals surface area contributed by atoms with Crippen LogP contribution in [0.3, 0.4) is 0 Å². The van der Waals surface area contributed by atoms with Crippen LogP contribution < -0.4 is 5.32 Å². The van der Waals surface area contributed by atoms with Gasteiger partial charge in [-0.15, -0.1) is 0 Å². The second-order valence-corrected chi connectivity index (χ2v) is 9.26. The SMILES string of the molecule is CC1CCN(S(=O)(=O)c2ccc(NC(=O)c3cc([N+](=O)[O-])cc([N+](=O)[O-])c3)cc2)CC1. The van der Waals surface area contributed by atoms with Gasteiger partial charge >= 0.3 is 0 Å². The van der Waals surface area contributed by atoms with Crippen LogP contribution in [0, 0.1) is 26.1 Å². The molecule has 0 bridgehead atoms. The van der Waals surface area contributed by atoms with Gasteiger partial charge in [-0.05, 0) is 43.0 Å². The molecule has 0 radical (unpaired) electrons. The lowest BCUT2D eigenvalue weighted by molar-refractivity contribution is -0.394. The van der Waals surface area contributed by atoms with Gasteiger partial charge in [-0.2, -0.15) is 4.31 Å². The summed E-state index contributed by atoms with van der Waals surface area (Å²) in [6.07, 6.45) is 1.59. The number of amides is 1. The first-order chi connectivity index (χ1) is 14.6. The van der Waals surface area contributed by atoms with Crippen LogP contribution in [-0.2, 0) is 10.0 Å². The van der Waals surface area contributed by atoms with Crippen molar-refractivity contribution in [3.8, 4) is 0 Å². The number of non-ortho nitro benzene ring substituents is 2. The molecule has 0 aromatic heterocycles. The third-order valence-corrected chi connectivity index (χ3v) is 6.99. The Morgan fingerprint density at radius 2 is 1.52 bits per heavy atom. The number of nitro benzene ring substituents is 2. The molecule has 1 aliphatic heterocycles. The van der Waals surface area contributed by atoms with E-state index in [0.717, 1.165) is 31.0 Å². The fourth-order valence-electron chi connectivity index (χ4n) is 3.22. The topological polar surface area (TPSA) is 153 Å². The van der Waals surface area contributed by atoms with E-state index in [1.165, 1.54) is 28.6 Å². The second kappa shape index (κ2) is 8.78. The van der Waals surface area contributed by atoms with Crippen LogP contribution in [0.2, 0.25) is 0 Å². The summed E-state index contributed by atoms with van der Waals surface area (Å²) in [4.78, 5) is 32.8. The van der Waals surface area contributed by atoms with Gasteiger partial charge in [-0.3, -0.25) is 25.0 Å². The van der Waals surface area contributed by atoms with Crippen LogP contribution in [0.5, 0.6) is 0 Å². The number of anilines is 1. The number of hydrogen-bond acceptors (Lipinski definition) is 7. The summed E-state index contributed by atoms with van der Waals surface area (Å²) in [6, 6.07) is 8.12. The Balaban J connectivity index is 1.78. The summed E-state index contributed by atoms with van der Waals surface area (Å²) < 4.78 is 27.0. The highest BCUT2D eigenvalue weighted by molar-refractivity contribution is 7.89. The zero-order valence-electron chi connectivity index (χ0n) is 16.6. The molecule has 1 fully saturated rings. The van der Waals surface area contributed by atoms with E-state index in [2.05, 4.69) is 12.2 Å². The molecule has 3 rings (SSSR count). The lowest BCUT2D eigenvalue weighted by Gasteiger charge is -2.29. The number of hydrogen-bond donors (Lipinski definition) is 1. The highest BCUT2D eigenvalue weighted by Gasteiger charge is 2.28. The maximum Gasteiger partial charge on any atom is 0.277 e. The Morgan fingerprint density at radius 1 is 1.00 bits per heavy atom. The Hall–Kier alpha value is -3.38. The lowest BCUT2D eigenvalue weighted by Crippen LogP contribution is -2.37. The number of benzene rings is 2. The number of piperidine rings is 1. The van der Waals surface area contributed by atoms with Gasteiger partial charge in [-0.1, -0.05) is 6.92 Å². The maximum absolute atomic E-state index is 12.8. The molecule has 2 aromatic rings. The van der Waals surface area contributed by atoms with E-state index in [9.17, 15) is 33.4 Å². The summed E-state index contributed by atoms with van der Waals surface area (Å²) in [7, 11) is -3.64. The van der Waals surface area contributed by atoms with Crippen LogP contribution in [0.15, 0.2) is 47.4 Å². The van der Waals surface area contributed by atoms with Gasteiger partial charge in [0.05, 0.1) is 26.4 Å². The van der Waals surface area contributed by atoms with Gasteiger partial charge < -0.3 is 5.32 Å². The number of nitrogens with zero attached hydrogens (tertiary/aromatic N) is 3. The van der Waals surface area contributed by atoms with Gasteiger partial charge in [0.1, 0.15) is 0 Å². The highest BCUT2D eigenvalue weighted by atomic mass is 32.2. The molecule has 1 saturated heterocycles. The van der Waals surface area contributed by atoms with Crippen molar-refractivity contribution >= 4 is 33.0 Å². The number of rotatable bonds is 6. The van der Waals surface area contributed by atoms with Crippen molar-refractivity contribution in [3.63, 3.8) is 0 Å². The molecule has 11 nitrogen and oxygen atoms in total. The van der Waals surface area contributed by atoms with Gasteiger partial charge in [0.25, 0.3) is 17.3 Å². The fourth-order valence-corrected chi connectivity index (χ4v) is 4.69. The quantitative estimate of drug-likeness (QED) is 0.526. The molecular weight excluding hydrogens is 428 g/mol. The van der Waals surface area contributed by atoms with E-state index >= 15 is 0 Å². The van der Waals surface area contributed by atoms with Crippen molar-refractivity contribution in [2.75, 3.05) is 18.4 Å². The van der Waals surface area contributed by atoms with Gasteiger partial charge in [0.15, 0.2) is 0 Å². The van der Waals surface area contributed by atoms with E-state index in [0.29, 0.717) is 19.0 Å². The predicted octanol–water partition coefficient (Wildman–Crippen LogP) is 3.18. The van der Waals surface area contributed by atoms with E-state index < -0.39 is 37.2 Å². The molecule has 0 saturated carbocycles. The van der Waals surface area contributed by atoms with E-state index in [1.54, 1.807) is 0 Å². The molecule has 164 valence electrons. The Kier molecular flexibility index (Phi) is 6.32. The summed E-state index contributed by atoms with van der Waals surface area (Å²) in [5, 5.41) is 24.4. The van der Waals surface area contributed by atoms with E-state index in [-0.39, 0.29) is 16.1 Å². The second-order valence-electron chi connectivity index (χ2n) is 7.32. The first-order valence-electron chi connectivity index (χ1n) is 9.43. The molecule has 0 atom stereocenters. The molecule has 1 heterocycles. The van der Waals surface area contributed by atoms with Gasteiger partial charge in [0.2, 0.25) is 10.0 Å². The zero-order valence-corrected chi connectivity index (χ0v) is 17.4. The maximum atomic E-state index is 12.8. The van der Waals surface area contributed by atoms with Crippen LogP contribution in [0.4, 0.5) is 17.1 Å². The van der Waals surface area contributed by atoms with E-state index in [4.69, 9.17) is 0 Å². The smallest absolute Gasteiger partial charge is 0.277 e. The minimum Gasteiger partial charge on any atom is -0.322 e. The molecule has 1 N–H and O–H groups in total. The fraction of sp³-hybridized carbons (Fsp3) is 0.316. The highest BCUT2D eigenvalue weighted by Crippen LogP contribution is 2.26. The molecular formula is C19H20N4O7S. The van der Waals surface area contributed by atoms with Crippen molar-refractivity contribution in [2.24, 2.45) is 5.92 Å². The molecule has 0 aliphatic carbocycles. The Bertz CT molecular complexity index is 1090. The number of carbonyl (C=O) groups is 1. The normalized spacial score (nSPS) is 15.4. The lowest BCUT2D eigenvalue weighted by atomic mass is 10.0. The average Bonchev–Trinajstić information content (AvgIpc) is 2.74. The number of carbonyl (C=O) groups excluding carboxylic acids is 1. The Labute approximate surface area is 178 Å². The van der Waals surface area contributed by atoms with Crippen molar-refractivity contribution in [1.29, 1.82) is 0 Å². The summed E-state index contributed by atoms with van der Waals surface area (Å²) in [6.45, 7) is 2.98. The summed E-state index contributed by atoms with van der Waals surface area (Å²) in [5.41, 5.74) is -1.20. The molecule has 0 spiro atoms. The van der Waals surface area contributed by atoms with Crippen LogP contribution in [0.25, 0.3) is 0 Å². The third kappa shape index (κ3) is 5.03. The summed E-state index contributed by atoms with van der Waals surface area (Å²) in [5.74, 6) is -0.318. The standard InChI is InChI=1S/C19H20N4O7S/c1-13-6-8-21(9-7-13)31(29,30)18-4-2-15(3-5-18)20-19(24)14-10-16(22(25)26)12-17(11-14)23(27)28/h2-5,10-13H,6-9H2,1H3,(H,20,24). The Morgan fingerprint density at radius 3 is 2.00 bits per heavy atom. The van der Waals surface area contributed by atoms with Gasteiger partial charge in [0, 0.05) is 30.9 Å². The molecule has 2 aromatic carbocycles. The minimum atomic E-state index is -3.64. The number of sulfonamides is 1. The predicted molar refractivity (Wildman–Crippen MR) is 111 cm³/mol. The average molecular weight is 448 g/mol. The van der Waals surface area contributed by atoms with Crippen molar-refractivity contribution in [2.45, 2.75) is 24.7 Å².